The van der Waals surface area contributed by atoms with E-state index in [0.717, 1.165) is 13.1 Å². The molecule has 2 saturated carbocycles. The van der Waals surface area contributed by atoms with Crippen LogP contribution < -0.4 is 11.1 Å². The fourth-order valence-corrected chi connectivity index (χ4v) is 3.21. The van der Waals surface area contributed by atoms with Crippen molar-refractivity contribution < 1.29 is 0 Å². The average Bonchev–Trinajstić information content (AvgIpc) is 2.66. The highest BCUT2D eigenvalue weighted by Crippen LogP contribution is 2.39. The van der Waals surface area contributed by atoms with E-state index in [9.17, 15) is 0 Å². The van der Waals surface area contributed by atoms with Crippen LogP contribution in [0.1, 0.15) is 58.3 Å². The van der Waals surface area contributed by atoms with Crippen molar-refractivity contribution in [3.63, 3.8) is 0 Å². The Morgan fingerprint density at radius 1 is 1.07 bits per heavy atom. The van der Waals surface area contributed by atoms with Crippen molar-refractivity contribution in [3.8, 4) is 0 Å². The van der Waals surface area contributed by atoms with Crippen LogP contribution in [0.5, 0.6) is 0 Å². The molecule has 0 heterocycles. The Labute approximate surface area is 94.0 Å². The van der Waals surface area contributed by atoms with E-state index in [-0.39, 0.29) is 0 Å². The molecule has 2 rings (SSSR count). The Balaban J connectivity index is 1.85. The topological polar surface area (TPSA) is 38.0 Å². The number of hydrogen-bond donors (Lipinski definition) is 2. The summed E-state index contributed by atoms with van der Waals surface area (Å²) in [5, 5.41) is 3.84. The molecule has 2 nitrogen and oxygen atoms in total. The van der Waals surface area contributed by atoms with Gasteiger partial charge in [-0.05, 0) is 50.5 Å². The van der Waals surface area contributed by atoms with Gasteiger partial charge >= 0.3 is 0 Å². The number of rotatable bonds is 5. The Kier molecular flexibility index (Phi) is 3.36. The zero-order valence-corrected chi connectivity index (χ0v) is 10.1. The summed E-state index contributed by atoms with van der Waals surface area (Å²) in [6.45, 7) is 4.35. The first-order valence-corrected chi connectivity index (χ1v) is 6.69. The molecular weight excluding hydrogens is 184 g/mol. The second-order valence-corrected chi connectivity index (χ2v) is 5.75. The van der Waals surface area contributed by atoms with Crippen LogP contribution in [0, 0.1) is 5.41 Å². The molecule has 2 aliphatic carbocycles. The number of hydrogen-bond acceptors (Lipinski definition) is 2. The second-order valence-electron chi connectivity index (χ2n) is 5.75. The van der Waals surface area contributed by atoms with Crippen LogP contribution in [-0.4, -0.2) is 18.6 Å². The maximum Gasteiger partial charge on any atom is 0.0179 e. The van der Waals surface area contributed by atoms with E-state index in [1.54, 1.807) is 0 Å². The summed E-state index contributed by atoms with van der Waals surface area (Å²) in [6, 6.07) is 0. The van der Waals surface area contributed by atoms with Crippen molar-refractivity contribution >= 4 is 0 Å². The zero-order valence-electron chi connectivity index (χ0n) is 10.1. The third-order valence-corrected chi connectivity index (χ3v) is 4.92. The van der Waals surface area contributed by atoms with Crippen molar-refractivity contribution in [1.82, 2.24) is 5.32 Å². The maximum absolute atomic E-state index is 5.96. The Hall–Kier alpha value is -0.0800. The number of nitrogens with two attached hydrogens (primary N) is 1. The summed E-state index contributed by atoms with van der Waals surface area (Å²) in [5.74, 6) is 0. The smallest absolute Gasteiger partial charge is 0.0179 e. The predicted octanol–water partition coefficient (Wildman–Crippen LogP) is 2.43. The zero-order chi connectivity index (χ0) is 10.8. The average molecular weight is 210 g/mol. The molecule has 15 heavy (non-hydrogen) atoms. The Morgan fingerprint density at radius 3 is 2.13 bits per heavy atom. The third kappa shape index (κ3) is 2.21. The summed E-state index contributed by atoms with van der Waals surface area (Å²) >= 11 is 0. The highest BCUT2D eigenvalue weighted by atomic mass is 15.0. The SMILES string of the molecule is CCC1(NCC2(CN)CCCC2)CCC1. The molecule has 3 N–H and O–H groups in total. The van der Waals surface area contributed by atoms with E-state index in [0.29, 0.717) is 11.0 Å². The van der Waals surface area contributed by atoms with Crippen molar-refractivity contribution in [1.29, 1.82) is 0 Å². The van der Waals surface area contributed by atoms with Gasteiger partial charge in [0.1, 0.15) is 0 Å². The van der Waals surface area contributed by atoms with Crippen molar-refractivity contribution in [2.75, 3.05) is 13.1 Å². The van der Waals surface area contributed by atoms with Gasteiger partial charge in [0.2, 0.25) is 0 Å². The van der Waals surface area contributed by atoms with E-state index >= 15 is 0 Å². The predicted molar refractivity (Wildman–Crippen MR) is 64.8 cm³/mol. The first-order chi connectivity index (χ1) is 7.24. The summed E-state index contributed by atoms with van der Waals surface area (Å²) in [4.78, 5) is 0. The second kappa shape index (κ2) is 4.42. The fraction of sp³-hybridized carbons (Fsp3) is 1.00. The van der Waals surface area contributed by atoms with Gasteiger partial charge < -0.3 is 11.1 Å². The van der Waals surface area contributed by atoms with Crippen molar-refractivity contribution in [3.05, 3.63) is 0 Å². The van der Waals surface area contributed by atoms with Gasteiger partial charge in [-0.2, -0.15) is 0 Å². The van der Waals surface area contributed by atoms with Gasteiger partial charge in [-0.3, -0.25) is 0 Å². The summed E-state index contributed by atoms with van der Waals surface area (Å²) in [7, 11) is 0. The quantitative estimate of drug-likeness (QED) is 0.731. The van der Waals surface area contributed by atoms with Crippen molar-refractivity contribution in [2.24, 2.45) is 11.1 Å². The van der Waals surface area contributed by atoms with Crippen LogP contribution in [0.25, 0.3) is 0 Å². The highest BCUT2D eigenvalue weighted by Gasteiger charge is 2.39. The monoisotopic (exact) mass is 210 g/mol. The normalized spacial score (nSPS) is 27.6. The van der Waals surface area contributed by atoms with Crippen LogP contribution in [-0.2, 0) is 0 Å². The van der Waals surface area contributed by atoms with Gasteiger partial charge in [0, 0.05) is 12.1 Å². The van der Waals surface area contributed by atoms with Gasteiger partial charge in [-0.1, -0.05) is 19.8 Å². The fourth-order valence-electron chi connectivity index (χ4n) is 3.21. The molecule has 2 heteroatoms. The molecule has 2 fully saturated rings. The van der Waals surface area contributed by atoms with E-state index in [2.05, 4.69) is 12.2 Å². The lowest BCUT2D eigenvalue weighted by atomic mass is 9.73. The molecule has 0 radical (unpaired) electrons. The molecule has 0 spiro atoms. The maximum atomic E-state index is 5.96. The molecule has 0 bridgehead atoms. The Morgan fingerprint density at radius 2 is 1.73 bits per heavy atom. The van der Waals surface area contributed by atoms with E-state index < -0.39 is 0 Å². The molecule has 0 atom stereocenters. The molecular formula is C13H26N2. The summed E-state index contributed by atoms with van der Waals surface area (Å²) in [5.41, 5.74) is 6.89. The first-order valence-electron chi connectivity index (χ1n) is 6.69. The minimum atomic E-state index is 0.442. The highest BCUT2D eigenvalue weighted by molar-refractivity contribution is 4.98. The molecule has 0 unspecified atom stereocenters. The first kappa shape index (κ1) is 11.4. The molecule has 2 aliphatic rings. The third-order valence-electron chi connectivity index (χ3n) is 4.92. The van der Waals surface area contributed by atoms with Crippen LogP contribution in [0.2, 0.25) is 0 Å². The molecule has 0 aromatic rings. The molecule has 0 amide bonds. The summed E-state index contributed by atoms with van der Waals surface area (Å²) < 4.78 is 0. The largest absolute Gasteiger partial charge is 0.330 e. The van der Waals surface area contributed by atoms with E-state index in [1.165, 1.54) is 51.4 Å². The molecule has 0 saturated heterocycles. The van der Waals surface area contributed by atoms with Gasteiger partial charge in [-0.25, -0.2) is 0 Å². The minimum absolute atomic E-state index is 0.442. The van der Waals surface area contributed by atoms with Crippen LogP contribution in [0.4, 0.5) is 0 Å². The molecule has 88 valence electrons. The van der Waals surface area contributed by atoms with Crippen molar-refractivity contribution in [2.45, 2.75) is 63.8 Å². The Bertz CT molecular complexity index is 197. The summed E-state index contributed by atoms with van der Waals surface area (Å²) in [6.07, 6.45) is 10.9. The minimum Gasteiger partial charge on any atom is -0.330 e. The van der Waals surface area contributed by atoms with Gasteiger partial charge in [-0.15, -0.1) is 0 Å². The van der Waals surface area contributed by atoms with Gasteiger partial charge in [0.15, 0.2) is 0 Å². The molecule has 0 aliphatic heterocycles. The molecule has 0 aromatic heterocycles. The molecule has 0 aromatic carbocycles. The van der Waals surface area contributed by atoms with Crippen LogP contribution in [0.3, 0.4) is 0 Å². The van der Waals surface area contributed by atoms with E-state index in [4.69, 9.17) is 5.73 Å². The standard InChI is InChI=1S/C13H26N2/c1-2-13(8-5-9-13)15-11-12(10-14)6-3-4-7-12/h15H,2-11,14H2,1H3. The van der Waals surface area contributed by atoms with Gasteiger partial charge in [0.05, 0.1) is 0 Å². The van der Waals surface area contributed by atoms with Crippen LogP contribution >= 0.6 is 0 Å². The number of nitrogens with one attached hydrogen (secondary N) is 1. The lowest BCUT2D eigenvalue weighted by Crippen LogP contribution is -2.54. The lowest BCUT2D eigenvalue weighted by Gasteiger charge is -2.45. The van der Waals surface area contributed by atoms with E-state index in [1.807, 2.05) is 0 Å². The van der Waals surface area contributed by atoms with Crippen LogP contribution in [0.15, 0.2) is 0 Å². The lowest BCUT2D eigenvalue weighted by molar-refractivity contribution is 0.144. The van der Waals surface area contributed by atoms with Gasteiger partial charge in [0.25, 0.3) is 0 Å².